The number of hydrogen-bond donors (Lipinski definition) is 1. The van der Waals surface area contributed by atoms with Crippen LogP contribution in [0.15, 0.2) is 54.6 Å². The first-order valence-electron chi connectivity index (χ1n) is 11.4. The van der Waals surface area contributed by atoms with E-state index in [2.05, 4.69) is 0 Å². The van der Waals surface area contributed by atoms with Crippen molar-refractivity contribution in [3.63, 3.8) is 0 Å². The quantitative estimate of drug-likeness (QED) is 0.420. The van der Waals surface area contributed by atoms with E-state index in [0.29, 0.717) is 42.1 Å². The molecule has 3 unspecified atom stereocenters. The maximum atomic E-state index is 14.8. The molecule has 5 rings (SSSR count). The van der Waals surface area contributed by atoms with E-state index >= 15 is 0 Å². The number of halogens is 2. The number of hydrogen-bond acceptors (Lipinski definition) is 5. The molecular weight excluding hydrogens is 442 g/mol. The summed E-state index contributed by atoms with van der Waals surface area (Å²) in [6.07, 6.45) is 1.43. The Balaban J connectivity index is 1.30. The van der Waals surface area contributed by atoms with Gasteiger partial charge in [0.2, 0.25) is 0 Å². The van der Waals surface area contributed by atoms with Crippen molar-refractivity contribution in [1.82, 2.24) is 0 Å². The molecule has 0 heterocycles. The number of aromatic hydroxyl groups is 1. The summed E-state index contributed by atoms with van der Waals surface area (Å²) < 4.78 is 45.4. The third-order valence-electron chi connectivity index (χ3n) is 6.35. The van der Waals surface area contributed by atoms with Crippen LogP contribution in [-0.2, 0) is 16.0 Å². The summed E-state index contributed by atoms with van der Waals surface area (Å²) in [7, 11) is 0. The molecule has 1 saturated carbocycles. The highest BCUT2D eigenvalue weighted by molar-refractivity contribution is 5.77. The average molecular weight is 466 g/mol. The van der Waals surface area contributed by atoms with Crippen LogP contribution in [0.5, 0.6) is 23.0 Å². The van der Waals surface area contributed by atoms with E-state index in [0.717, 1.165) is 18.1 Å². The van der Waals surface area contributed by atoms with E-state index in [9.17, 15) is 18.7 Å². The zero-order valence-electron chi connectivity index (χ0n) is 18.6. The molecule has 0 bridgehead atoms. The second-order valence-corrected chi connectivity index (χ2v) is 8.57. The third kappa shape index (κ3) is 4.30. The van der Waals surface area contributed by atoms with Gasteiger partial charge in [0.25, 0.3) is 0 Å². The summed E-state index contributed by atoms with van der Waals surface area (Å²) in [5.41, 5.74) is 2.18. The summed E-state index contributed by atoms with van der Waals surface area (Å²) in [5.74, 6) is -0.444. The number of esters is 1. The van der Waals surface area contributed by atoms with Crippen LogP contribution in [0, 0.1) is 17.6 Å². The minimum absolute atomic E-state index is 0.0806. The zero-order valence-corrected chi connectivity index (χ0v) is 18.6. The van der Waals surface area contributed by atoms with Gasteiger partial charge in [0.15, 0.2) is 11.6 Å². The van der Waals surface area contributed by atoms with E-state index < -0.39 is 17.7 Å². The largest absolute Gasteiger partial charge is 0.505 e. The number of ether oxygens (including phenoxy) is 3. The lowest BCUT2D eigenvalue weighted by Crippen LogP contribution is -2.07. The number of rotatable bonds is 7. The van der Waals surface area contributed by atoms with Gasteiger partial charge in [-0.1, -0.05) is 12.1 Å². The number of carbonyl (C=O) groups excluding carboxylic acids is 1. The molecule has 1 fully saturated rings. The summed E-state index contributed by atoms with van der Waals surface area (Å²) in [6.45, 7) is 2.18. The van der Waals surface area contributed by atoms with Crippen LogP contribution in [0.3, 0.4) is 0 Å². The van der Waals surface area contributed by atoms with Gasteiger partial charge in [-0.05, 0) is 74.1 Å². The Bertz CT molecular complexity index is 1220. The van der Waals surface area contributed by atoms with Crippen LogP contribution in [0.2, 0.25) is 0 Å². The fraction of sp³-hybridized carbons (Fsp3) is 0.296. The number of phenolic OH excluding ortho intramolecular Hbond substituents is 1. The molecule has 3 atom stereocenters. The molecule has 0 saturated heterocycles. The van der Waals surface area contributed by atoms with Crippen LogP contribution >= 0.6 is 0 Å². The lowest BCUT2D eigenvalue weighted by molar-refractivity contribution is -0.144. The molecule has 0 radical (unpaired) electrons. The first kappa shape index (κ1) is 22.2. The molecule has 34 heavy (non-hydrogen) atoms. The molecule has 7 heteroatoms. The van der Waals surface area contributed by atoms with Crippen molar-refractivity contribution in [2.45, 2.75) is 38.2 Å². The summed E-state index contributed by atoms with van der Waals surface area (Å²) >= 11 is 0. The van der Waals surface area contributed by atoms with Gasteiger partial charge in [0.05, 0.1) is 12.5 Å². The highest BCUT2D eigenvalue weighted by Gasteiger charge is 2.45. The lowest BCUT2D eigenvalue weighted by atomic mass is 10.1. The minimum atomic E-state index is -0.791. The molecule has 0 amide bonds. The van der Waals surface area contributed by atoms with Crippen LogP contribution in [0.1, 0.15) is 48.5 Å². The van der Waals surface area contributed by atoms with Gasteiger partial charge in [-0.15, -0.1) is 0 Å². The van der Waals surface area contributed by atoms with Crippen molar-refractivity contribution >= 4 is 5.97 Å². The summed E-state index contributed by atoms with van der Waals surface area (Å²) in [5, 5.41) is 9.37. The Hall–Kier alpha value is -3.61. The fourth-order valence-corrected chi connectivity index (χ4v) is 4.56. The van der Waals surface area contributed by atoms with Gasteiger partial charge >= 0.3 is 5.97 Å². The Labute approximate surface area is 195 Å². The molecule has 0 spiro atoms. The lowest BCUT2D eigenvalue weighted by Gasteiger charge is -2.17. The van der Waals surface area contributed by atoms with Crippen LogP contribution in [0.4, 0.5) is 8.78 Å². The first-order chi connectivity index (χ1) is 16.4. The molecule has 0 aliphatic heterocycles. The smallest absolute Gasteiger partial charge is 0.309 e. The highest BCUT2D eigenvalue weighted by Crippen LogP contribution is 2.49. The Morgan fingerprint density at radius 2 is 1.79 bits per heavy atom. The first-order valence-corrected chi connectivity index (χ1v) is 11.4. The van der Waals surface area contributed by atoms with Gasteiger partial charge in [0, 0.05) is 17.2 Å². The van der Waals surface area contributed by atoms with Crippen molar-refractivity contribution in [1.29, 1.82) is 0 Å². The van der Waals surface area contributed by atoms with Gasteiger partial charge in [-0.3, -0.25) is 4.79 Å². The maximum Gasteiger partial charge on any atom is 0.309 e. The van der Waals surface area contributed by atoms with Crippen LogP contribution in [0.25, 0.3) is 0 Å². The second-order valence-electron chi connectivity index (χ2n) is 8.57. The van der Waals surface area contributed by atoms with Crippen molar-refractivity contribution in [3.05, 3.63) is 82.9 Å². The minimum Gasteiger partial charge on any atom is -0.505 e. The van der Waals surface area contributed by atoms with Crippen LogP contribution < -0.4 is 9.47 Å². The van der Waals surface area contributed by atoms with E-state index in [1.807, 2.05) is 24.3 Å². The van der Waals surface area contributed by atoms with Crippen molar-refractivity contribution in [3.8, 4) is 23.0 Å². The zero-order chi connectivity index (χ0) is 23.8. The highest BCUT2D eigenvalue weighted by atomic mass is 19.1. The molecule has 3 aromatic carbocycles. The molecule has 176 valence electrons. The number of fused-ring (bicyclic) bond motifs is 1. The topological polar surface area (TPSA) is 65.0 Å². The molecule has 0 aromatic heterocycles. The number of phenols is 1. The van der Waals surface area contributed by atoms with Crippen molar-refractivity contribution in [2.75, 3.05) is 6.61 Å². The van der Waals surface area contributed by atoms with Crippen molar-refractivity contribution < 1.29 is 32.9 Å². The average Bonchev–Trinajstić information content (AvgIpc) is 3.52. The summed E-state index contributed by atoms with van der Waals surface area (Å²) in [4.78, 5) is 11.9. The predicted molar refractivity (Wildman–Crippen MR) is 120 cm³/mol. The van der Waals surface area contributed by atoms with E-state index in [-0.39, 0.29) is 29.4 Å². The van der Waals surface area contributed by atoms with E-state index in [1.165, 1.54) is 24.3 Å². The summed E-state index contributed by atoms with van der Waals surface area (Å²) in [6, 6.07) is 14.1. The van der Waals surface area contributed by atoms with Gasteiger partial charge < -0.3 is 19.3 Å². The fourth-order valence-electron chi connectivity index (χ4n) is 4.56. The Kier molecular flexibility index (Phi) is 5.86. The standard InChI is InChI=1S/C27H24F2O5/c1-2-32-27(31)20-14-19(20)15-3-5-16(6-4-15)33-25-11-8-18-24(12-9-21(28)26(18)25)34-17-7-10-23(30)22(29)13-17/h3-7,9-10,12-13,19-20,25,30H,2,8,11,14H2,1H3. The van der Waals surface area contributed by atoms with Crippen LogP contribution in [-0.4, -0.2) is 17.7 Å². The third-order valence-corrected chi connectivity index (χ3v) is 6.35. The molecule has 5 nitrogen and oxygen atoms in total. The van der Waals surface area contributed by atoms with Gasteiger partial charge in [0.1, 0.15) is 29.2 Å². The molecule has 2 aliphatic rings. The normalized spacial score (nSPS) is 20.5. The predicted octanol–water partition coefficient (Wildman–Crippen LogP) is 6.20. The molecule has 1 N–H and O–H groups in total. The van der Waals surface area contributed by atoms with Gasteiger partial charge in [-0.2, -0.15) is 0 Å². The maximum absolute atomic E-state index is 14.8. The number of benzene rings is 3. The SMILES string of the molecule is CCOC(=O)C1CC1c1ccc(OC2CCc3c(Oc4ccc(O)c(F)c4)ccc(F)c32)cc1. The van der Waals surface area contributed by atoms with E-state index in [4.69, 9.17) is 14.2 Å². The molecule has 3 aromatic rings. The van der Waals surface area contributed by atoms with Crippen molar-refractivity contribution in [2.24, 2.45) is 5.92 Å². The molecule has 2 aliphatic carbocycles. The Morgan fingerprint density at radius 3 is 2.53 bits per heavy atom. The van der Waals surface area contributed by atoms with Gasteiger partial charge in [-0.25, -0.2) is 8.78 Å². The monoisotopic (exact) mass is 466 g/mol. The van der Waals surface area contributed by atoms with E-state index in [1.54, 1.807) is 6.92 Å². The number of carbonyl (C=O) groups is 1. The Morgan fingerprint density at radius 1 is 1.03 bits per heavy atom. The second kappa shape index (κ2) is 8.97. The molecular formula is C27H24F2O5.